The molecule has 3 aliphatic heterocycles. The number of rotatable bonds is 4. The Hall–Kier alpha value is -2.08. The molecule has 0 bridgehead atoms. The Balaban J connectivity index is 1.53. The number of likely N-dealkylation sites (tertiary alicyclic amines) is 2. The minimum absolute atomic E-state index is 0.0745. The summed E-state index contributed by atoms with van der Waals surface area (Å²) in [6, 6.07) is 8.15. The van der Waals surface area contributed by atoms with Gasteiger partial charge in [-0.3, -0.25) is 9.59 Å². The molecule has 0 unspecified atom stereocenters. The van der Waals surface area contributed by atoms with Gasteiger partial charge in [0.2, 0.25) is 11.8 Å². The molecule has 27 heavy (non-hydrogen) atoms. The van der Waals surface area contributed by atoms with E-state index in [2.05, 4.69) is 17.4 Å². The van der Waals surface area contributed by atoms with Crippen LogP contribution in [0.2, 0.25) is 0 Å². The third-order valence-corrected chi connectivity index (χ3v) is 6.34. The molecule has 0 aliphatic carbocycles. The van der Waals surface area contributed by atoms with Gasteiger partial charge in [-0.15, -0.1) is 0 Å². The second-order valence-electron chi connectivity index (χ2n) is 7.97. The Morgan fingerprint density at radius 1 is 1.19 bits per heavy atom. The predicted molar refractivity (Wildman–Crippen MR) is 102 cm³/mol. The molecule has 4 rings (SSSR count). The van der Waals surface area contributed by atoms with Crippen molar-refractivity contribution in [3.63, 3.8) is 0 Å². The zero-order chi connectivity index (χ0) is 18.8. The molecule has 3 fully saturated rings. The summed E-state index contributed by atoms with van der Waals surface area (Å²) < 4.78 is 5.28. The van der Waals surface area contributed by atoms with Gasteiger partial charge in [-0.05, 0) is 36.5 Å². The summed E-state index contributed by atoms with van der Waals surface area (Å²) in [6.45, 7) is 3.60. The van der Waals surface area contributed by atoms with Crippen LogP contribution in [0.15, 0.2) is 24.3 Å². The van der Waals surface area contributed by atoms with E-state index in [0.717, 1.165) is 50.2 Å². The van der Waals surface area contributed by atoms with Crippen molar-refractivity contribution in [1.82, 2.24) is 15.1 Å². The van der Waals surface area contributed by atoms with Crippen molar-refractivity contribution in [2.24, 2.45) is 11.8 Å². The summed E-state index contributed by atoms with van der Waals surface area (Å²) in [7, 11) is 1.66. The lowest BCUT2D eigenvalue weighted by atomic mass is 9.89. The fourth-order valence-corrected chi connectivity index (χ4v) is 4.87. The van der Waals surface area contributed by atoms with E-state index in [1.54, 1.807) is 12.0 Å². The topological polar surface area (TPSA) is 61.9 Å². The molecule has 0 saturated carbocycles. The average Bonchev–Trinajstić information content (AvgIpc) is 3.21. The molecule has 3 aliphatic rings. The van der Waals surface area contributed by atoms with E-state index in [1.165, 1.54) is 0 Å². The highest BCUT2D eigenvalue weighted by Gasteiger charge is 2.46. The number of carbonyl (C=O) groups excluding carboxylic acids is 2. The smallest absolute Gasteiger partial charge is 0.242 e. The number of nitrogens with zero attached hydrogens (tertiary/aromatic N) is 2. The summed E-state index contributed by atoms with van der Waals surface area (Å²) in [4.78, 5) is 29.3. The lowest BCUT2D eigenvalue weighted by Gasteiger charge is -2.31. The normalized spacial score (nSPS) is 28.2. The lowest BCUT2D eigenvalue weighted by Crippen LogP contribution is -2.43. The Morgan fingerprint density at radius 3 is 2.78 bits per heavy atom. The molecule has 0 aromatic heterocycles. The SMILES string of the molecule is COc1ccc([C@@H]2[C@H]3CNC[C@H]3CN2C(=O)CN2CCCCCC2=O)cc1. The van der Waals surface area contributed by atoms with E-state index in [9.17, 15) is 9.59 Å². The van der Waals surface area contributed by atoms with E-state index in [1.807, 2.05) is 17.0 Å². The molecule has 6 nitrogen and oxygen atoms in total. The quantitative estimate of drug-likeness (QED) is 0.877. The molecule has 1 aromatic rings. The molecule has 1 aromatic carbocycles. The van der Waals surface area contributed by atoms with Crippen LogP contribution in [0.25, 0.3) is 0 Å². The maximum Gasteiger partial charge on any atom is 0.242 e. The molecule has 3 saturated heterocycles. The summed E-state index contributed by atoms with van der Waals surface area (Å²) >= 11 is 0. The standard InChI is InChI=1S/C21H29N3O3/c1-27-17-8-6-15(7-9-17)21-18-12-22-11-16(18)13-24(21)20(26)14-23-10-4-2-3-5-19(23)25/h6-9,16,18,21-22H,2-5,10-14H2,1H3/t16-,18-,21+/m0/s1. The fraction of sp³-hybridized carbons (Fsp3) is 0.619. The number of fused-ring (bicyclic) bond motifs is 1. The highest BCUT2D eigenvalue weighted by Crippen LogP contribution is 2.43. The second-order valence-corrected chi connectivity index (χ2v) is 7.97. The maximum atomic E-state index is 13.2. The van der Waals surface area contributed by atoms with Crippen molar-refractivity contribution < 1.29 is 14.3 Å². The van der Waals surface area contributed by atoms with Crippen LogP contribution in [-0.2, 0) is 9.59 Å². The lowest BCUT2D eigenvalue weighted by molar-refractivity contribution is -0.141. The monoisotopic (exact) mass is 371 g/mol. The van der Waals surface area contributed by atoms with Crippen LogP contribution >= 0.6 is 0 Å². The number of hydrogen-bond donors (Lipinski definition) is 1. The fourth-order valence-electron chi connectivity index (χ4n) is 4.87. The first-order chi connectivity index (χ1) is 13.2. The number of amides is 2. The number of benzene rings is 1. The number of nitrogens with one attached hydrogen (secondary N) is 1. The Labute approximate surface area is 160 Å². The summed E-state index contributed by atoms with van der Waals surface area (Å²) in [5, 5.41) is 3.48. The molecular formula is C21H29N3O3. The largest absolute Gasteiger partial charge is 0.497 e. The van der Waals surface area contributed by atoms with Crippen LogP contribution in [0, 0.1) is 11.8 Å². The highest BCUT2D eigenvalue weighted by molar-refractivity contribution is 5.85. The molecule has 6 heteroatoms. The van der Waals surface area contributed by atoms with E-state index in [-0.39, 0.29) is 24.4 Å². The van der Waals surface area contributed by atoms with E-state index < -0.39 is 0 Å². The highest BCUT2D eigenvalue weighted by atomic mass is 16.5. The Morgan fingerprint density at radius 2 is 2.00 bits per heavy atom. The summed E-state index contributed by atoms with van der Waals surface area (Å²) in [6.07, 6.45) is 3.59. The van der Waals surface area contributed by atoms with Gasteiger partial charge in [0.15, 0.2) is 0 Å². The van der Waals surface area contributed by atoms with Crippen LogP contribution in [0.5, 0.6) is 5.75 Å². The van der Waals surface area contributed by atoms with E-state index >= 15 is 0 Å². The zero-order valence-electron chi connectivity index (χ0n) is 16.0. The van der Waals surface area contributed by atoms with Crippen LogP contribution < -0.4 is 10.1 Å². The van der Waals surface area contributed by atoms with Crippen LogP contribution in [0.3, 0.4) is 0 Å². The third-order valence-electron chi connectivity index (χ3n) is 6.34. The molecule has 2 amide bonds. The van der Waals surface area contributed by atoms with E-state index in [0.29, 0.717) is 24.8 Å². The maximum absolute atomic E-state index is 13.2. The summed E-state index contributed by atoms with van der Waals surface area (Å²) in [5.41, 5.74) is 1.16. The van der Waals surface area contributed by atoms with Crippen molar-refractivity contribution in [2.75, 3.05) is 39.8 Å². The number of ether oxygens (including phenoxy) is 1. The Bertz CT molecular complexity index is 690. The molecule has 0 spiro atoms. The van der Waals surface area contributed by atoms with E-state index in [4.69, 9.17) is 4.74 Å². The van der Waals surface area contributed by atoms with Gasteiger partial charge in [0.1, 0.15) is 5.75 Å². The summed E-state index contributed by atoms with van der Waals surface area (Å²) in [5.74, 6) is 1.96. The molecule has 1 N–H and O–H groups in total. The minimum atomic E-state index is 0.0745. The van der Waals surface area contributed by atoms with Crippen molar-refractivity contribution in [3.05, 3.63) is 29.8 Å². The van der Waals surface area contributed by atoms with Gasteiger partial charge < -0.3 is 19.9 Å². The number of hydrogen-bond acceptors (Lipinski definition) is 4. The van der Waals surface area contributed by atoms with Gasteiger partial charge in [-0.25, -0.2) is 0 Å². The first-order valence-electron chi connectivity index (χ1n) is 10.1. The average molecular weight is 371 g/mol. The van der Waals surface area contributed by atoms with Crippen molar-refractivity contribution in [1.29, 1.82) is 0 Å². The van der Waals surface area contributed by atoms with Crippen molar-refractivity contribution >= 4 is 11.8 Å². The molecular weight excluding hydrogens is 342 g/mol. The molecule has 3 heterocycles. The molecule has 146 valence electrons. The first-order valence-corrected chi connectivity index (χ1v) is 10.1. The van der Waals surface area contributed by atoms with Crippen LogP contribution in [-0.4, -0.2) is 61.4 Å². The number of methoxy groups -OCH3 is 1. The minimum Gasteiger partial charge on any atom is -0.497 e. The van der Waals surface area contributed by atoms with Gasteiger partial charge in [0.25, 0.3) is 0 Å². The predicted octanol–water partition coefficient (Wildman–Crippen LogP) is 1.82. The van der Waals surface area contributed by atoms with Crippen LogP contribution in [0.1, 0.15) is 37.3 Å². The van der Waals surface area contributed by atoms with Gasteiger partial charge >= 0.3 is 0 Å². The second kappa shape index (κ2) is 7.89. The van der Waals surface area contributed by atoms with Gasteiger partial charge in [0.05, 0.1) is 19.7 Å². The molecule has 3 atom stereocenters. The first kappa shape index (κ1) is 18.3. The van der Waals surface area contributed by atoms with Crippen LogP contribution in [0.4, 0.5) is 0 Å². The van der Waals surface area contributed by atoms with Gasteiger partial charge in [-0.1, -0.05) is 18.6 Å². The third kappa shape index (κ3) is 3.68. The van der Waals surface area contributed by atoms with Crippen molar-refractivity contribution in [3.8, 4) is 5.75 Å². The Kier molecular flexibility index (Phi) is 5.34. The number of carbonyl (C=O) groups is 2. The van der Waals surface area contributed by atoms with Crippen molar-refractivity contribution in [2.45, 2.75) is 31.7 Å². The van der Waals surface area contributed by atoms with Gasteiger partial charge in [0, 0.05) is 38.5 Å². The van der Waals surface area contributed by atoms with Gasteiger partial charge in [-0.2, -0.15) is 0 Å². The zero-order valence-corrected chi connectivity index (χ0v) is 16.0. The molecule has 0 radical (unpaired) electrons.